The molecule has 0 radical (unpaired) electrons. The fourth-order valence-corrected chi connectivity index (χ4v) is 3.43. The van der Waals surface area contributed by atoms with Crippen molar-refractivity contribution in [2.75, 3.05) is 10.6 Å². The van der Waals surface area contributed by atoms with Crippen molar-refractivity contribution in [1.82, 2.24) is 0 Å². The highest BCUT2D eigenvalue weighted by Crippen LogP contribution is 2.31. The fraction of sp³-hybridized carbons (Fsp3) is 0.0370. The average molecular weight is 438 g/mol. The molecule has 0 saturated heterocycles. The zero-order chi connectivity index (χ0) is 23.2. The fourth-order valence-electron chi connectivity index (χ4n) is 3.43. The maximum atomic E-state index is 12.4. The summed E-state index contributed by atoms with van der Waals surface area (Å²) in [5.41, 5.74) is 3.91. The van der Waals surface area contributed by atoms with Gasteiger partial charge in [0.2, 0.25) is 11.8 Å². The van der Waals surface area contributed by atoms with Crippen LogP contribution >= 0.6 is 0 Å². The number of anilines is 2. The Hall–Kier alpha value is -4.58. The molecule has 164 valence electrons. The summed E-state index contributed by atoms with van der Waals surface area (Å²) in [5.74, 6) is -1.38. The van der Waals surface area contributed by atoms with Crippen LogP contribution in [0.15, 0.2) is 97.1 Å². The molecule has 0 unspecified atom stereocenters. The van der Waals surface area contributed by atoms with E-state index in [9.17, 15) is 19.8 Å². The number of nitrogens with one attached hydrogen (secondary N) is 2. The second kappa shape index (κ2) is 9.70. The quantitative estimate of drug-likeness (QED) is 0.239. The molecule has 0 heterocycles. The van der Waals surface area contributed by atoms with Crippen LogP contribution in [0.3, 0.4) is 0 Å². The molecular formula is C27H22N2O4. The van der Waals surface area contributed by atoms with Gasteiger partial charge in [-0.25, -0.2) is 0 Å². The number of phenols is 2. The second-order valence-electron chi connectivity index (χ2n) is 7.47. The van der Waals surface area contributed by atoms with Gasteiger partial charge in [-0.1, -0.05) is 72.8 Å². The van der Waals surface area contributed by atoms with Crippen LogP contribution in [-0.4, -0.2) is 22.0 Å². The van der Waals surface area contributed by atoms with Crippen LogP contribution in [0.25, 0.3) is 22.3 Å². The van der Waals surface area contributed by atoms with Crippen molar-refractivity contribution in [2.24, 2.45) is 0 Å². The molecule has 4 rings (SSSR count). The molecule has 4 aromatic carbocycles. The van der Waals surface area contributed by atoms with Gasteiger partial charge in [0.1, 0.15) is 17.9 Å². The number of carbonyl (C=O) groups excluding carboxylic acids is 2. The lowest BCUT2D eigenvalue weighted by Gasteiger charge is -2.11. The third-order valence-electron chi connectivity index (χ3n) is 5.08. The van der Waals surface area contributed by atoms with Gasteiger partial charge in [-0.2, -0.15) is 0 Å². The van der Waals surface area contributed by atoms with Crippen LogP contribution in [0.2, 0.25) is 0 Å². The lowest BCUT2D eigenvalue weighted by molar-refractivity contribution is -0.123. The van der Waals surface area contributed by atoms with E-state index in [1.54, 1.807) is 24.3 Å². The van der Waals surface area contributed by atoms with E-state index < -0.39 is 18.2 Å². The Morgan fingerprint density at radius 3 is 1.33 bits per heavy atom. The van der Waals surface area contributed by atoms with E-state index in [1.165, 1.54) is 12.1 Å². The van der Waals surface area contributed by atoms with Gasteiger partial charge in [0.15, 0.2) is 0 Å². The number of hydrogen-bond donors (Lipinski definition) is 4. The molecule has 6 nitrogen and oxygen atoms in total. The lowest BCUT2D eigenvalue weighted by atomic mass is 10.0. The first-order chi connectivity index (χ1) is 16.0. The maximum absolute atomic E-state index is 12.4. The Balaban J connectivity index is 1.43. The van der Waals surface area contributed by atoms with E-state index in [-0.39, 0.29) is 22.9 Å². The molecule has 4 N–H and O–H groups in total. The molecule has 0 atom stereocenters. The van der Waals surface area contributed by atoms with Gasteiger partial charge in [-0.05, 0) is 46.5 Å². The Morgan fingerprint density at radius 1 is 0.545 bits per heavy atom. The summed E-state index contributed by atoms with van der Waals surface area (Å²) in [6, 6.07) is 28.8. The number of amides is 2. The van der Waals surface area contributed by atoms with Crippen LogP contribution in [0, 0.1) is 0 Å². The van der Waals surface area contributed by atoms with Gasteiger partial charge >= 0.3 is 0 Å². The van der Waals surface area contributed by atoms with Gasteiger partial charge in [0.25, 0.3) is 0 Å². The second-order valence-corrected chi connectivity index (χ2v) is 7.47. The van der Waals surface area contributed by atoms with Crippen molar-refractivity contribution >= 4 is 23.2 Å². The van der Waals surface area contributed by atoms with E-state index in [2.05, 4.69) is 10.6 Å². The Labute approximate surface area is 191 Å². The molecule has 0 aliphatic heterocycles. The normalized spacial score (nSPS) is 10.4. The van der Waals surface area contributed by atoms with E-state index in [0.717, 1.165) is 22.3 Å². The summed E-state index contributed by atoms with van der Waals surface area (Å²) in [7, 11) is 0. The van der Waals surface area contributed by atoms with Gasteiger partial charge < -0.3 is 20.8 Å². The molecule has 4 aromatic rings. The van der Waals surface area contributed by atoms with Crippen LogP contribution in [-0.2, 0) is 9.59 Å². The van der Waals surface area contributed by atoms with Crippen LogP contribution < -0.4 is 10.6 Å². The smallest absolute Gasteiger partial charge is 0.233 e. The highest BCUT2D eigenvalue weighted by molar-refractivity contribution is 6.09. The highest BCUT2D eigenvalue weighted by atomic mass is 16.3. The third-order valence-corrected chi connectivity index (χ3v) is 5.08. The third kappa shape index (κ3) is 5.37. The molecule has 0 bridgehead atoms. The summed E-state index contributed by atoms with van der Waals surface area (Å²) >= 11 is 0. The SMILES string of the molecule is O=C(CC(=O)Nc1cc(-c2ccccc2)ccc1O)Nc1cc(-c2ccccc2)ccc1O. The monoisotopic (exact) mass is 438 g/mol. The highest BCUT2D eigenvalue weighted by Gasteiger charge is 2.15. The first-order valence-electron chi connectivity index (χ1n) is 10.4. The minimum atomic E-state index is -0.591. The molecule has 33 heavy (non-hydrogen) atoms. The largest absolute Gasteiger partial charge is 0.506 e. The number of benzene rings is 4. The molecule has 0 fully saturated rings. The van der Waals surface area contributed by atoms with Crippen molar-refractivity contribution < 1.29 is 19.8 Å². The Bertz CT molecular complexity index is 1190. The molecule has 0 aliphatic carbocycles. The Morgan fingerprint density at radius 2 is 0.939 bits per heavy atom. The molecule has 6 heteroatoms. The Kier molecular flexibility index (Phi) is 6.36. The van der Waals surface area contributed by atoms with E-state index in [4.69, 9.17) is 0 Å². The van der Waals surface area contributed by atoms with E-state index >= 15 is 0 Å². The summed E-state index contributed by atoms with van der Waals surface area (Å²) in [5, 5.41) is 25.4. The predicted octanol–water partition coefficient (Wildman–Crippen LogP) is 5.40. The van der Waals surface area contributed by atoms with Crippen molar-refractivity contribution in [1.29, 1.82) is 0 Å². The zero-order valence-corrected chi connectivity index (χ0v) is 17.7. The molecule has 0 spiro atoms. The molecular weight excluding hydrogens is 416 g/mol. The van der Waals surface area contributed by atoms with Gasteiger partial charge in [0.05, 0.1) is 11.4 Å². The van der Waals surface area contributed by atoms with E-state index in [0.29, 0.717) is 0 Å². The minimum absolute atomic E-state index is 0.100. The summed E-state index contributed by atoms with van der Waals surface area (Å²) in [6.07, 6.45) is -0.482. The first kappa shape index (κ1) is 21.6. The topological polar surface area (TPSA) is 98.7 Å². The van der Waals surface area contributed by atoms with Crippen molar-refractivity contribution in [3.8, 4) is 33.8 Å². The number of carbonyl (C=O) groups is 2. The standard InChI is InChI=1S/C27H22N2O4/c30-24-13-11-20(18-7-3-1-4-8-18)15-22(24)28-26(32)17-27(33)29-23-16-21(12-14-25(23)31)19-9-5-2-6-10-19/h1-16,30-31H,17H2,(H,28,32)(H,29,33). The summed E-state index contributed by atoms with van der Waals surface area (Å²) < 4.78 is 0. The molecule has 0 aromatic heterocycles. The summed E-state index contributed by atoms with van der Waals surface area (Å²) in [4.78, 5) is 24.9. The van der Waals surface area contributed by atoms with Crippen LogP contribution in [0.5, 0.6) is 11.5 Å². The van der Waals surface area contributed by atoms with Gasteiger partial charge in [-0.15, -0.1) is 0 Å². The number of hydrogen-bond acceptors (Lipinski definition) is 4. The molecule has 0 saturated carbocycles. The average Bonchev–Trinajstić information content (AvgIpc) is 2.83. The maximum Gasteiger partial charge on any atom is 0.233 e. The van der Waals surface area contributed by atoms with E-state index in [1.807, 2.05) is 60.7 Å². The summed E-state index contributed by atoms with van der Waals surface area (Å²) in [6.45, 7) is 0. The van der Waals surface area contributed by atoms with Crippen LogP contribution in [0.4, 0.5) is 11.4 Å². The number of rotatable bonds is 6. The van der Waals surface area contributed by atoms with Crippen molar-refractivity contribution in [3.63, 3.8) is 0 Å². The molecule has 2 amide bonds. The van der Waals surface area contributed by atoms with Crippen molar-refractivity contribution in [3.05, 3.63) is 97.1 Å². The van der Waals surface area contributed by atoms with Crippen molar-refractivity contribution in [2.45, 2.75) is 6.42 Å². The lowest BCUT2D eigenvalue weighted by Crippen LogP contribution is -2.21. The molecule has 0 aliphatic rings. The van der Waals surface area contributed by atoms with Gasteiger partial charge in [0, 0.05) is 0 Å². The number of phenolic OH excluding ortho intramolecular Hbond substituents is 2. The first-order valence-corrected chi connectivity index (χ1v) is 10.4. The van der Waals surface area contributed by atoms with Crippen LogP contribution in [0.1, 0.15) is 6.42 Å². The minimum Gasteiger partial charge on any atom is -0.506 e. The van der Waals surface area contributed by atoms with Gasteiger partial charge in [-0.3, -0.25) is 9.59 Å². The zero-order valence-electron chi connectivity index (χ0n) is 17.7. The number of aromatic hydroxyl groups is 2. The predicted molar refractivity (Wildman–Crippen MR) is 129 cm³/mol.